The molecular weight excluding hydrogens is 400 g/mol. The number of primary amides is 1. The molecule has 1 aromatic heterocycles. The van der Waals surface area contributed by atoms with Crippen molar-refractivity contribution < 1.29 is 9.32 Å². The number of aromatic nitrogens is 2. The predicted molar refractivity (Wildman–Crippen MR) is 114 cm³/mol. The van der Waals surface area contributed by atoms with Crippen molar-refractivity contribution in [3.8, 4) is 11.4 Å². The van der Waals surface area contributed by atoms with Gasteiger partial charge in [0.1, 0.15) is 0 Å². The third-order valence-electron chi connectivity index (χ3n) is 6.51. The van der Waals surface area contributed by atoms with Gasteiger partial charge in [-0.25, -0.2) is 0 Å². The lowest BCUT2D eigenvalue weighted by molar-refractivity contribution is 0.1000. The van der Waals surface area contributed by atoms with Crippen LogP contribution >= 0.6 is 11.6 Å². The van der Waals surface area contributed by atoms with Crippen LogP contribution in [0.2, 0.25) is 5.02 Å². The molecule has 2 aromatic carbocycles. The van der Waals surface area contributed by atoms with Crippen LogP contribution in [0.5, 0.6) is 0 Å². The molecule has 7 heteroatoms. The number of halogens is 1. The van der Waals surface area contributed by atoms with E-state index in [1.165, 1.54) is 5.56 Å². The minimum absolute atomic E-state index is 0.296. The van der Waals surface area contributed by atoms with Gasteiger partial charge in [-0.1, -0.05) is 41.0 Å². The van der Waals surface area contributed by atoms with Crippen molar-refractivity contribution in [2.75, 3.05) is 13.1 Å². The Kier molecular flexibility index (Phi) is 4.83. The Hall–Kier alpha value is -2.70. The molecule has 1 aliphatic carbocycles. The summed E-state index contributed by atoms with van der Waals surface area (Å²) in [6, 6.07) is 15.1. The van der Waals surface area contributed by atoms with E-state index < -0.39 is 0 Å². The molecular formula is C23H23ClN4O2. The van der Waals surface area contributed by atoms with E-state index in [4.69, 9.17) is 21.9 Å². The molecule has 3 aromatic rings. The van der Waals surface area contributed by atoms with Crippen molar-refractivity contribution in [2.45, 2.75) is 31.7 Å². The topological polar surface area (TPSA) is 85.3 Å². The van der Waals surface area contributed by atoms with Crippen molar-refractivity contribution in [2.24, 2.45) is 11.1 Å². The van der Waals surface area contributed by atoms with Gasteiger partial charge in [-0.3, -0.25) is 9.69 Å². The third-order valence-corrected chi connectivity index (χ3v) is 6.74. The Morgan fingerprint density at radius 1 is 1.20 bits per heavy atom. The standard InChI is InChI=1S/C23H23ClN4O2/c24-18-3-1-2-17(12-18)21-26-22(30-27-21)19-13-23(19)8-10-28(11-9-23)14-15-4-6-16(7-5-15)20(25)29/h1-7,12,19H,8-11,13-14H2,(H2,25,29)/t19-/m0/s1. The first kappa shape index (κ1) is 19.3. The van der Waals surface area contributed by atoms with Gasteiger partial charge >= 0.3 is 0 Å². The number of hydrogen-bond donors (Lipinski definition) is 1. The summed E-state index contributed by atoms with van der Waals surface area (Å²) < 4.78 is 5.61. The van der Waals surface area contributed by atoms with Gasteiger partial charge in [-0.15, -0.1) is 0 Å². The smallest absolute Gasteiger partial charge is 0.248 e. The molecule has 154 valence electrons. The first-order chi connectivity index (χ1) is 14.5. The molecule has 0 bridgehead atoms. The number of amides is 1. The molecule has 1 saturated heterocycles. The highest BCUT2D eigenvalue weighted by atomic mass is 35.5. The molecule has 0 unspecified atom stereocenters. The second kappa shape index (κ2) is 7.52. The lowest BCUT2D eigenvalue weighted by atomic mass is 9.90. The zero-order chi connectivity index (χ0) is 20.7. The Bertz CT molecular complexity index is 1070. The Balaban J connectivity index is 1.19. The molecule has 30 heavy (non-hydrogen) atoms. The highest BCUT2D eigenvalue weighted by Crippen LogP contribution is 2.64. The molecule has 6 nitrogen and oxygen atoms in total. The normalized spacial score (nSPS) is 20.4. The van der Waals surface area contributed by atoms with Crippen molar-refractivity contribution in [1.82, 2.24) is 15.0 Å². The summed E-state index contributed by atoms with van der Waals surface area (Å²) in [6.45, 7) is 2.98. The van der Waals surface area contributed by atoms with Crippen LogP contribution in [0.15, 0.2) is 53.1 Å². The summed E-state index contributed by atoms with van der Waals surface area (Å²) in [4.78, 5) is 18.3. The van der Waals surface area contributed by atoms with Crippen LogP contribution in [0.1, 0.15) is 47.0 Å². The fourth-order valence-electron chi connectivity index (χ4n) is 4.56. The van der Waals surface area contributed by atoms with Crippen LogP contribution < -0.4 is 5.73 Å². The molecule has 1 aliphatic heterocycles. The van der Waals surface area contributed by atoms with E-state index in [2.05, 4.69) is 15.0 Å². The summed E-state index contributed by atoms with van der Waals surface area (Å²) >= 11 is 6.07. The number of piperidine rings is 1. The molecule has 2 heterocycles. The van der Waals surface area contributed by atoms with E-state index in [0.717, 1.165) is 50.4 Å². The Morgan fingerprint density at radius 2 is 1.97 bits per heavy atom. The number of hydrogen-bond acceptors (Lipinski definition) is 5. The number of nitrogens with two attached hydrogens (primary N) is 1. The van der Waals surface area contributed by atoms with Gasteiger partial charge in [-0.05, 0) is 67.6 Å². The van der Waals surface area contributed by atoms with Gasteiger partial charge in [0.05, 0.1) is 0 Å². The highest BCUT2D eigenvalue weighted by molar-refractivity contribution is 6.30. The maximum absolute atomic E-state index is 11.2. The molecule has 1 saturated carbocycles. The third kappa shape index (κ3) is 3.73. The molecule has 2 N–H and O–H groups in total. The summed E-state index contributed by atoms with van der Waals surface area (Å²) in [6.07, 6.45) is 3.38. The number of carbonyl (C=O) groups is 1. The zero-order valence-corrected chi connectivity index (χ0v) is 17.3. The van der Waals surface area contributed by atoms with E-state index in [0.29, 0.717) is 27.7 Å². The minimum atomic E-state index is -0.388. The molecule has 1 atom stereocenters. The number of nitrogens with zero attached hydrogens (tertiary/aromatic N) is 3. The van der Waals surface area contributed by atoms with Crippen LogP contribution in [-0.4, -0.2) is 34.0 Å². The van der Waals surface area contributed by atoms with Crippen molar-refractivity contribution in [1.29, 1.82) is 0 Å². The van der Waals surface area contributed by atoms with Gasteiger partial charge in [0.15, 0.2) is 0 Å². The van der Waals surface area contributed by atoms with Gasteiger partial charge in [-0.2, -0.15) is 4.98 Å². The van der Waals surface area contributed by atoms with Crippen LogP contribution in [0, 0.1) is 5.41 Å². The molecule has 1 spiro atoms. The molecule has 0 radical (unpaired) electrons. The Morgan fingerprint density at radius 3 is 2.67 bits per heavy atom. The maximum atomic E-state index is 11.2. The lowest BCUT2D eigenvalue weighted by Gasteiger charge is -2.32. The van der Waals surface area contributed by atoms with Crippen LogP contribution in [0.3, 0.4) is 0 Å². The van der Waals surface area contributed by atoms with E-state index in [-0.39, 0.29) is 5.91 Å². The van der Waals surface area contributed by atoms with Crippen LogP contribution in [-0.2, 0) is 6.54 Å². The second-order valence-electron chi connectivity index (χ2n) is 8.42. The maximum Gasteiger partial charge on any atom is 0.248 e. The van der Waals surface area contributed by atoms with E-state index in [9.17, 15) is 4.79 Å². The van der Waals surface area contributed by atoms with Gasteiger partial charge in [0.2, 0.25) is 17.6 Å². The average molecular weight is 423 g/mol. The van der Waals surface area contributed by atoms with E-state index in [1.54, 1.807) is 12.1 Å². The fourth-order valence-corrected chi connectivity index (χ4v) is 4.75. The van der Waals surface area contributed by atoms with Gasteiger partial charge < -0.3 is 10.3 Å². The summed E-state index contributed by atoms with van der Waals surface area (Å²) in [7, 11) is 0. The van der Waals surface area contributed by atoms with Gasteiger partial charge in [0.25, 0.3) is 0 Å². The largest absolute Gasteiger partial charge is 0.366 e. The summed E-state index contributed by atoms with van der Waals surface area (Å²) in [5.41, 5.74) is 8.24. The van der Waals surface area contributed by atoms with E-state index in [1.807, 2.05) is 36.4 Å². The quantitative estimate of drug-likeness (QED) is 0.664. The number of benzene rings is 2. The monoisotopic (exact) mass is 422 g/mol. The molecule has 1 amide bonds. The average Bonchev–Trinajstić information content (AvgIpc) is 3.21. The Labute approximate surface area is 180 Å². The molecule has 2 aliphatic rings. The van der Waals surface area contributed by atoms with Crippen LogP contribution in [0.4, 0.5) is 0 Å². The van der Waals surface area contributed by atoms with Crippen molar-refractivity contribution >= 4 is 17.5 Å². The lowest BCUT2D eigenvalue weighted by Crippen LogP contribution is -2.34. The first-order valence-corrected chi connectivity index (χ1v) is 10.6. The summed E-state index contributed by atoms with van der Waals surface area (Å²) in [5, 5.41) is 4.83. The fraction of sp³-hybridized carbons (Fsp3) is 0.348. The predicted octanol–water partition coefficient (Wildman–Crippen LogP) is 4.26. The number of rotatable bonds is 5. The van der Waals surface area contributed by atoms with Gasteiger partial charge in [0, 0.05) is 28.6 Å². The van der Waals surface area contributed by atoms with Crippen LogP contribution in [0.25, 0.3) is 11.4 Å². The molecule has 5 rings (SSSR count). The minimum Gasteiger partial charge on any atom is -0.366 e. The number of carbonyl (C=O) groups excluding carboxylic acids is 1. The van der Waals surface area contributed by atoms with E-state index >= 15 is 0 Å². The highest BCUT2D eigenvalue weighted by Gasteiger charge is 2.58. The number of likely N-dealkylation sites (tertiary alicyclic amines) is 1. The summed E-state index contributed by atoms with van der Waals surface area (Å²) in [5.74, 6) is 1.32. The van der Waals surface area contributed by atoms with Crippen molar-refractivity contribution in [3.63, 3.8) is 0 Å². The zero-order valence-electron chi connectivity index (χ0n) is 16.6. The SMILES string of the molecule is NC(=O)c1ccc(CN2CCC3(CC2)C[C@H]3c2nc(-c3cccc(Cl)c3)no2)cc1. The van der Waals surface area contributed by atoms with Crippen molar-refractivity contribution in [3.05, 3.63) is 70.6 Å². The second-order valence-corrected chi connectivity index (χ2v) is 8.86. The molecule has 2 fully saturated rings. The first-order valence-electron chi connectivity index (χ1n) is 10.2.